The first-order valence-corrected chi connectivity index (χ1v) is 15.4. The lowest BCUT2D eigenvalue weighted by molar-refractivity contribution is -0.124. The Morgan fingerprint density at radius 2 is 1.83 bits per heavy atom. The number of ether oxygens (including phenoxy) is 2. The molecule has 224 valence electrons. The van der Waals surface area contributed by atoms with Crippen LogP contribution in [0.5, 0.6) is 11.5 Å². The Hall–Kier alpha value is -3.06. The summed E-state index contributed by atoms with van der Waals surface area (Å²) in [5.41, 5.74) is 2.27. The molecule has 4 rings (SSSR count). The van der Waals surface area contributed by atoms with Crippen LogP contribution in [-0.2, 0) is 22.7 Å². The van der Waals surface area contributed by atoms with Crippen LogP contribution in [0.2, 0.25) is 0 Å². The zero-order valence-electron chi connectivity index (χ0n) is 25.2. The fraction of sp³-hybridized carbons (Fsp3) is 0.588. The van der Waals surface area contributed by atoms with Crippen molar-refractivity contribution in [1.82, 2.24) is 15.5 Å². The number of nitrogens with zero attached hydrogens (tertiary/aromatic N) is 1. The number of amides is 2. The average Bonchev–Trinajstić information content (AvgIpc) is 2.94. The highest BCUT2D eigenvalue weighted by Gasteiger charge is 2.41. The SMILES string of the molecule is COc1cccc(COc2ccccc2CN(CCCNC(=O)CC2(C)CC3CC(C)CC(C3)C2)CCNC=O)c1. The van der Waals surface area contributed by atoms with Crippen molar-refractivity contribution < 1.29 is 19.1 Å². The Morgan fingerprint density at radius 1 is 1.05 bits per heavy atom. The summed E-state index contributed by atoms with van der Waals surface area (Å²) < 4.78 is 11.5. The standard InChI is InChI=1S/C34H49N3O4/c1-26-16-28-18-29(17-26)21-34(2,20-28)22-33(39)36-12-7-14-37(15-13-35-25-38)23-30-9-4-5-11-32(30)41-24-27-8-6-10-31(19-27)40-3/h4-6,8-11,19,25-26,28-29H,7,12-18,20-24H2,1-3H3,(H,35,38)(H,36,39). The van der Waals surface area contributed by atoms with Crippen molar-refractivity contribution in [2.75, 3.05) is 33.3 Å². The number of nitrogens with one attached hydrogen (secondary N) is 2. The molecule has 2 aromatic carbocycles. The maximum absolute atomic E-state index is 12.9. The van der Waals surface area contributed by atoms with Gasteiger partial charge in [-0.3, -0.25) is 14.5 Å². The van der Waals surface area contributed by atoms with Crippen LogP contribution in [0.3, 0.4) is 0 Å². The maximum atomic E-state index is 12.9. The minimum Gasteiger partial charge on any atom is -0.497 e. The average molecular weight is 564 g/mol. The lowest BCUT2D eigenvalue weighted by Gasteiger charge is -2.47. The molecule has 2 saturated carbocycles. The second kappa shape index (κ2) is 15.2. The number of hydrogen-bond acceptors (Lipinski definition) is 5. The number of carbonyl (C=O) groups is 2. The Labute approximate surface area is 246 Å². The zero-order chi connectivity index (χ0) is 29.1. The summed E-state index contributed by atoms with van der Waals surface area (Å²) >= 11 is 0. The molecule has 2 atom stereocenters. The van der Waals surface area contributed by atoms with E-state index in [9.17, 15) is 9.59 Å². The zero-order valence-corrected chi connectivity index (χ0v) is 25.2. The summed E-state index contributed by atoms with van der Waals surface area (Å²) in [6.45, 7) is 8.62. The van der Waals surface area contributed by atoms with Crippen LogP contribution in [0.15, 0.2) is 48.5 Å². The number of benzene rings is 2. The minimum absolute atomic E-state index is 0.138. The molecule has 41 heavy (non-hydrogen) atoms. The van der Waals surface area contributed by atoms with Gasteiger partial charge in [-0.1, -0.05) is 44.2 Å². The van der Waals surface area contributed by atoms with Crippen molar-refractivity contribution in [2.24, 2.45) is 23.2 Å². The molecule has 0 saturated heterocycles. The van der Waals surface area contributed by atoms with Gasteiger partial charge in [0, 0.05) is 44.7 Å². The minimum atomic E-state index is 0.138. The van der Waals surface area contributed by atoms with E-state index >= 15 is 0 Å². The van der Waals surface area contributed by atoms with E-state index in [0.717, 1.165) is 66.3 Å². The fourth-order valence-corrected chi connectivity index (χ4v) is 7.32. The first-order chi connectivity index (χ1) is 19.9. The molecule has 0 radical (unpaired) electrons. The predicted molar refractivity (Wildman–Crippen MR) is 163 cm³/mol. The van der Waals surface area contributed by atoms with Gasteiger partial charge in [-0.05, 0) is 85.5 Å². The van der Waals surface area contributed by atoms with Crippen LogP contribution < -0.4 is 20.1 Å². The molecule has 0 aliphatic heterocycles. The van der Waals surface area contributed by atoms with E-state index < -0.39 is 0 Å². The Bertz CT molecular complexity index is 1100. The molecule has 2 bridgehead atoms. The number of para-hydroxylation sites is 1. The topological polar surface area (TPSA) is 79.9 Å². The lowest BCUT2D eigenvalue weighted by atomic mass is 9.58. The van der Waals surface area contributed by atoms with Gasteiger partial charge < -0.3 is 20.1 Å². The van der Waals surface area contributed by atoms with Crippen molar-refractivity contribution in [1.29, 1.82) is 0 Å². The van der Waals surface area contributed by atoms with Gasteiger partial charge in [0.1, 0.15) is 18.1 Å². The number of hydrogen-bond donors (Lipinski definition) is 2. The monoisotopic (exact) mass is 563 g/mol. The molecule has 2 amide bonds. The highest BCUT2D eigenvalue weighted by atomic mass is 16.5. The summed E-state index contributed by atoms with van der Waals surface area (Å²) in [5.74, 6) is 4.28. The fourth-order valence-electron chi connectivity index (χ4n) is 7.32. The van der Waals surface area contributed by atoms with Crippen LogP contribution in [0.25, 0.3) is 0 Å². The first kappa shape index (κ1) is 30.9. The number of fused-ring (bicyclic) bond motifs is 2. The second-order valence-corrected chi connectivity index (χ2v) is 12.7. The van der Waals surface area contributed by atoms with E-state index in [1.807, 2.05) is 42.5 Å². The third-order valence-electron chi connectivity index (χ3n) is 8.81. The summed E-state index contributed by atoms with van der Waals surface area (Å²) in [4.78, 5) is 26.1. The van der Waals surface area contributed by atoms with Crippen molar-refractivity contribution >= 4 is 12.3 Å². The third kappa shape index (κ3) is 9.77. The van der Waals surface area contributed by atoms with E-state index in [1.54, 1.807) is 7.11 Å². The van der Waals surface area contributed by atoms with Crippen molar-refractivity contribution in [3.63, 3.8) is 0 Å². The van der Waals surface area contributed by atoms with Crippen molar-refractivity contribution in [2.45, 2.75) is 71.9 Å². The summed E-state index contributed by atoms with van der Waals surface area (Å²) in [6, 6.07) is 16.0. The van der Waals surface area contributed by atoms with Gasteiger partial charge in [0.15, 0.2) is 0 Å². The van der Waals surface area contributed by atoms with Gasteiger partial charge in [-0.15, -0.1) is 0 Å². The van der Waals surface area contributed by atoms with E-state index in [4.69, 9.17) is 9.47 Å². The first-order valence-electron chi connectivity index (χ1n) is 15.4. The van der Waals surface area contributed by atoms with E-state index in [2.05, 4.69) is 35.4 Å². The molecule has 2 unspecified atom stereocenters. The number of rotatable bonds is 16. The Balaban J connectivity index is 1.26. The molecule has 7 nitrogen and oxygen atoms in total. The van der Waals surface area contributed by atoms with E-state index in [-0.39, 0.29) is 11.3 Å². The molecular formula is C34H49N3O4. The van der Waals surface area contributed by atoms with Crippen LogP contribution in [0.1, 0.15) is 69.9 Å². The van der Waals surface area contributed by atoms with Crippen LogP contribution >= 0.6 is 0 Å². The highest BCUT2D eigenvalue weighted by molar-refractivity contribution is 5.76. The largest absolute Gasteiger partial charge is 0.497 e. The second-order valence-electron chi connectivity index (χ2n) is 12.7. The predicted octanol–water partition coefficient (Wildman–Crippen LogP) is 5.57. The number of methoxy groups -OCH3 is 1. The van der Waals surface area contributed by atoms with Crippen LogP contribution in [0.4, 0.5) is 0 Å². The Morgan fingerprint density at radius 3 is 2.59 bits per heavy atom. The van der Waals surface area contributed by atoms with E-state index in [0.29, 0.717) is 32.7 Å². The molecule has 2 aliphatic carbocycles. The summed E-state index contributed by atoms with van der Waals surface area (Å²) in [6.07, 6.45) is 8.64. The quantitative estimate of drug-likeness (QED) is 0.206. The van der Waals surface area contributed by atoms with Gasteiger partial charge >= 0.3 is 0 Å². The lowest BCUT2D eigenvalue weighted by Crippen LogP contribution is -2.40. The molecular weight excluding hydrogens is 514 g/mol. The van der Waals surface area contributed by atoms with Gasteiger partial charge in [0.25, 0.3) is 0 Å². The molecule has 2 aliphatic rings. The van der Waals surface area contributed by atoms with Gasteiger partial charge in [0.2, 0.25) is 12.3 Å². The normalized spacial score (nSPS) is 23.6. The number of carbonyl (C=O) groups excluding carboxylic acids is 2. The summed E-state index contributed by atoms with van der Waals surface area (Å²) in [7, 11) is 1.66. The molecule has 2 fully saturated rings. The smallest absolute Gasteiger partial charge is 0.220 e. The van der Waals surface area contributed by atoms with Crippen LogP contribution in [0, 0.1) is 23.2 Å². The molecule has 0 aromatic heterocycles. The van der Waals surface area contributed by atoms with Gasteiger partial charge in [-0.25, -0.2) is 0 Å². The van der Waals surface area contributed by atoms with Crippen molar-refractivity contribution in [3.8, 4) is 11.5 Å². The molecule has 2 N–H and O–H groups in total. The van der Waals surface area contributed by atoms with Gasteiger partial charge in [0.05, 0.1) is 7.11 Å². The van der Waals surface area contributed by atoms with Crippen LogP contribution in [-0.4, -0.2) is 50.5 Å². The Kier molecular flexibility index (Phi) is 11.5. The third-order valence-corrected chi connectivity index (χ3v) is 8.81. The highest BCUT2D eigenvalue weighted by Crippen LogP contribution is 2.51. The molecule has 0 heterocycles. The summed E-state index contributed by atoms with van der Waals surface area (Å²) in [5, 5.41) is 5.98. The molecule has 2 aromatic rings. The maximum Gasteiger partial charge on any atom is 0.220 e. The van der Waals surface area contributed by atoms with Crippen molar-refractivity contribution in [3.05, 3.63) is 59.7 Å². The van der Waals surface area contributed by atoms with E-state index in [1.165, 1.54) is 32.1 Å². The van der Waals surface area contributed by atoms with Gasteiger partial charge in [-0.2, -0.15) is 0 Å². The molecule has 0 spiro atoms. The molecule has 7 heteroatoms.